The summed E-state index contributed by atoms with van der Waals surface area (Å²) in [5, 5.41) is 14.6. The van der Waals surface area contributed by atoms with Gasteiger partial charge in [-0.25, -0.2) is 9.78 Å². The molecule has 0 aliphatic heterocycles. The molecule has 0 saturated carbocycles. The third-order valence-electron chi connectivity index (χ3n) is 3.43. The van der Waals surface area contributed by atoms with Crippen LogP contribution in [0.5, 0.6) is 0 Å². The summed E-state index contributed by atoms with van der Waals surface area (Å²) < 4.78 is 0. The van der Waals surface area contributed by atoms with Gasteiger partial charge in [0.25, 0.3) is 5.69 Å². The molecule has 0 spiro atoms. The first kappa shape index (κ1) is 18.3. The van der Waals surface area contributed by atoms with Crippen LogP contribution in [0.2, 0.25) is 5.15 Å². The molecule has 2 N–H and O–H groups in total. The van der Waals surface area contributed by atoms with Gasteiger partial charge in [-0.15, -0.1) is 0 Å². The molecule has 0 atom stereocenters. The van der Waals surface area contributed by atoms with Crippen LogP contribution >= 0.6 is 11.6 Å². The van der Waals surface area contributed by atoms with Crippen molar-refractivity contribution in [2.75, 3.05) is 0 Å². The quantitative estimate of drug-likeness (QED) is 0.223. The number of nitrogens with two attached hydrogens (primary N) is 1. The molecule has 130 valence electrons. The molecule has 0 aliphatic rings. The summed E-state index contributed by atoms with van der Waals surface area (Å²) in [5.41, 5.74) is 7.83. The van der Waals surface area contributed by atoms with Crippen molar-refractivity contribution in [3.05, 3.63) is 67.5 Å². The number of pyridine rings is 1. The van der Waals surface area contributed by atoms with Crippen molar-refractivity contribution in [2.24, 2.45) is 10.9 Å². The molecule has 1 aromatic carbocycles. The van der Waals surface area contributed by atoms with E-state index in [-0.39, 0.29) is 22.2 Å². The smallest absolute Gasteiger partial charge is 0.366 e. The van der Waals surface area contributed by atoms with Crippen molar-refractivity contribution in [1.82, 2.24) is 4.98 Å². The third kappa shape index (κ3) is 4.10. The summed E-state index contributed by atoms with van der Waals surface area (Å²) in [6.07, 6.45) is 0. The number of benzene rings is 1. The van der Waals surface area contributed by atoms with Gasteiger partial charge < -0.3 is 10.6 Å². The molecule has 0 saturated heterocycles. The highest BCUT2D eigenvalue weighted by atomic mass is 35.5. The molecule has 25 heavy (non-hydrogen) atoms. The Bertz CT molecular complexity index is 873. The number of nitrogens with zero attached hydrogens (tertiary/aromatic N) is 3. The van der Waals surface area contributed by atoms with E-state index in [2.05, 4.69) is 10.1 Å². The summed E-state index contributed by atoms with van der Waals surface area (Å²) in [5.74, 6) is -0.996. The van der Waals surface area contributed by atoms with Crippen molar-refractivity contribution < 1.29 is 14.6 Å². The Kier molecular flexibility index (Phi) is 5.33. The Balaban J connectivity index is 2.26. The SMILES string of the molecule is Cc1cc(C)c(/C(N)=N/OC(=O)c2ccc(C)c([N+](=O)[O-])c2)c(Cl)n1. The van der Waals surface area contributed by atoms with Crippen LogP contribution in [-0.4, -0.2) is 21.7 Å². The van der Waals surface area contributed by atoms with Gasteiger partial charge in [-0.3, -0.25) is 10.1 Å². The average Bonchev–Trinajstić information content (AvgIpc) is 2.51. The molecule has 0 fully saturated rings. The number of aryl methyl sites for hydroxylation is 3. The summed E-state index contributed by atoms with van der Waals surface area (Å²) in [6.45, 7) is 5.11. The lowest BCUT2D eigenvalue weighted by atomic mass is 10.1. The number of nitro groups is 1. The molecule has 0 bridgehead atoms. The van der Waals surface area contributed by atoms with E-state index < -0.39 is 10.9 Å². The first-order valence-electron chi connectivity index (χ1n) is 7.14. The largest absolute Gasteiger partial charge is 0.380 e. The van der Waals surface area contributed by atoms with Crippen LogP contribution in [0.15, 0.2) is 29.4 Å². The Morgan fingerprint density at radius 1 is 1.28 bits per heavy atom. The van der Waals surface area contributed by atoms with E-state index in [0.717, 1.165) is 11.6 Å². The van der Waals surface area contributed by atoms with Crippen molar-refractivity contribution in [3.8, 4) is 0 Å². The van der Waals surface area contributed by atoms with Crippen molar-refractivity contribution in [1.29, 1.82) is 0 Å². The number of aromatic nitrogens is 1. The van der Waals surface area contributed by atoms with Gasteiger partial charge in [-0.2, -0.15) is 0 Å². The second kappa shape index (κ2) is 7.27. The number of hydrogen-bond donors (Lipinski definition) is 1. The van der Waals surface area contributed by atoms with Crippen LogP contribution in [0.4, 0.5) is 5.69 Å². The summed E-state index contributed by atoms with van der Waals surface area (Å²) in [4.78, 5) is 31.2. The minimum absolute atomic E-state index is 0.0151. The molecule has 0 unspecified atom stereocenters. The second-order valence-electron chi connectivity index (χ2n) is 5.36. The standard InChI is InChI=1S/C16H15ClN4O4/c1-8-4-5-11(7-12(8)21(23)24)16(22)25-20-15(18)13-9(2)6-10(3)19-14(13)17/h4-7H,1-3H3,(H2,18,20). The highest BCUT2D eigenvalue weighted by Gasteiger charge is 2.17. The summed E-state index contributed by atoms with van der Waals surface area (Å²) in [6, 6.07) is 5.73. The minimum atomic E-state index is -0.875. The number of rotatable bonds is 4. The number of amidine groups is 1. The normalized spacial score (nSPS) is 11.3. The van der Waals surface area contributed by atoms with E-state index in [9.17, 15) is 14.9 Å². The lowest BCUT2D eigenvalue weighted by Gasteiger charge is -2.08. The molecule has 2 rings (SSSR count). The first-order chi connectivity index (χ1) is 11.7. The number of hydrogen-bond acceptors (Lipinski definition) is 6. The van der Waals surface area contributed by atoms with Gasteiger partial charge >= 0.3 is 5.97 Å². The zero-order valence-corrected chi connectivity index (χ0v) is 14.5. The Morgan fingerprint density at radius 3 is 2.56 bits per heavy atom. The molecular weight excluding hydrogens is 348 g/mol. The number of carbonyl (C=O) groups excluding carboxylic acids is 1. The molecule has 0 aliphatic carbocycles. The van der Waals surface area contributed by atoms with Crippen LogP contribution in [-0.2, 0) is 4.84 Å². The highest BCUT2D eigenvalue weighted by Crippen LogP contribution is 2.21. The monoisotopic (exact) mass is 362 g/mol. The molecule has 2 aromatic rings. The zero-order valence-electron chi connectivity index (χ0n) is 13.7. The second-order valence-corrected chi connectivity index (χ2v) is 5.72. The average molecular weight is 363 g/mol. The Morgan fingerprint density at radius 2 is 1.96 bits per heavy atom. The van der Waals surface area contributed by atoms with E-state index in [1.165, 1.54) is 12.1 Å². The maximum Gasteiger partial charge on any atom is 0.366 e. The lowest BCUT2D eigenvalue weighted by Crippen LogP contribution is -2.18. The van der Waals surface area contributed by atoms with E-state index >= 15 is 0 Å². The zero-order chi connectivity index (χ0) is 18.7. The molecule has 1 aromatic heterocycles. The predicted molar refractivity (Wildman–Crippen MR) is 92.7 cm³/mol. The van der Waals surface area contributed by atoms with Gasteiger partial charge in [0.2, 0.25) is 0 Å². The van der Waals surface area contributed by atoms with Crippen molar-refractivity contribution >= 4 is 29.1 Å². The van der Waals surface area contributed by atoms with Gasteiger partial charge in [-0.1, -0.05) is 22.8 Å². The molecule has 8 nitrogen and oxygen atoms in total. The van der Waals surface area contributed by atoms with E-state index in [4.69, 9.17) is 22.2 Å². The van der Waals surface area contributed by atoms with Gasteiger partial charge in [0.1, 0.15) is 5.15 Å². The highest BCUT2D eigenvalue weighted by molar-refractivity contribution is 6.33. The molecular formula is C16H15ClN4O4. The number of nitro benzene ring substituents is 1. The summed E-state index contributed by atoms with van der Waals surface area (Å²) >= 11 is 6.05. The molecule has 9 heteroatoms. The maximum absolute atomic E-state index is 12.0. The maximum atomic E-state index is 12.0. The fraction of sp³-hybridized carbons (Fsp3) is 0.188. The van der Waals surface area contributed by atoms with Crippen LogP contribution < -0.4 is 5.73 Å². The third-order valence-corrected chi connectivity index (χ3v) is 3.70. The van der Waals surface area contributed by atoms with Crippen LogP contribution in [0.3, 0.4) is 0 Å². The van der Waals surface area contributed by atoms with E-state index in [1.807, 2.05) is 0 Å². The van der Waals surface area contributed by atoms with Gasteiger partial charge in [0, 0.05) is 17.3 Å². The fourth-order valence-corrected chi connectivity index (χ4v) is 2.60. The number of oxime groups is 1. The van der Waals surface area contributed by atoms with Gasteiger partial charge in [0.05, 0.1) is 16.1 Å². The predicted octanol–water partition coefficient (Wildman–Crippen LogP) is 3.05. The van der Waals surface area contributed by atoms with E-state index in [0.29, 0.717) is 16.8 Å². The first-order valence-corrected chi connectivity index (χ1v) is 7.52. The fourth-order valence-electron chi connectivity index (χ4n) is 2.22. The van der Waals surface area contributed by atoms with Crippen LogP contribution in [0.25, 0.3) is 0 Å². The number of halogens is 1. The van der Waals surface area contributed by atoms with Crippen LogP contribution in [0, 0.1) is 30.9 Å². The Labute approximate surface area is 148 Å². The van der Waals surface area contributed by atoms with Gasteiger partial charge in [0.15, 0.2) is 5.84 Å². The lowest BCUT2D eigenvalue weighted by molar-refractivity contribution is -0.385. The molecule has 0 radical (unpaired) electrons. The number of carbonyl (C=O) groups is 1. The van der Waals surface area contributed by atoms with Gasteiger partial charge in [-0.05, 0) is 38.5 Å². The topological polar surface area (TPSA) is 121 Å². The minimum Gasteiger partial charge on any atom is -0.380 e. The van der Waals surface area contributed by atoms with Crippen molar-refractivity contribution in [2.45, 2.75) is 20.8 Å². The van der Waals surface area contributed by atoms with E-state index in [1.54, 1.807) is 26.8 Å². The Hall–Kier alpha value is -3.00. The van der Waals surface area contributed by atoms with Crippen molar-refractivity contribution in [3.63, 3.8) is 0 Å². The molecule has 0 amide bonds. The van der Waals surface area contributed by atoms with Crippen LogP contribution in [0.1, 0.15) is 32.7 Å². The molecule has 1 heterocycles. The summed E-state index contributed by atoms with van der Waals surface area (Å²) in [7, 11) is 0.